The van der Waals surface area contributed by atoms with Gasteiger partial charge in [0.2, 0.25) is 0 Å². The van der Waals surface area contributed by atoms with Crippen LogP contribution < -0.4 is 10.1 Å². The van der Waals surface area contributed by atoms with Crippen molar-refractivity contribution in [2.45, 2.75) is 30.6 Å². The third-order valence-corrected chi connectivity index (χ3v) is 6.04. The van der Waals surface area contributed by atoms with E-state index >= 15 is 0 Å². The smallest absolute Gasteiger partial charge is 0.318 e. The number of hydrogen-bond donors (Lipinski definition) is 1. The Hall–Kier alpha value is -1.08. The predicted octanol–water partition coefficient (Wildman–Crippen LogP) is 1.52. The maximum atomic E-state index is 11.8. The Balaban J connectivity index is 2.22. The second-order valence-corrected chi connectivity index (χ2v) is 7.52. The standard InChI is InChI=1S/C11H16ClN3O3S/c1-7(11(4-5-11)19(3,16)17)14-9-8(12)6-13-10(15-9)18-2/h6-7H,4-5H2,1-3H3,(H,13,14,15). The minimum Gasteiger partial charge on any atom is -0.467 e. The first kappa shape index (κ1) is 14.3. The summed E-state index contributed by atoms with van der Waals surface area (Å²) < 4.78 is 27.9. The number of halogens is 1. The van der Waals surface area contributed by atoms with Gasteiger partial charge in [0.25, 0.3) is 0 Å². The molecular weight excluding hydrogens is 290 g/mol. The van der Waals surface area contributed by atoms with Crippen molar-refractivity contribution in [2.75, 3.05) is 18.7 Å². The van der Waals surface area contributed by atoms with Gasteiger partial charge in [0.1, 0.15) is 5.02 Å². The highest BCUT2D eigenvalue weighted by molar-refractivity contribution is 7.92. The number of nitrogens with zero attached hydrogens (tertiary/aromatic N) is 2. The lowest BCUT2D eigenvalue weighted by molar-refractivity contribution is 0.380. The minimum atomic E-state index is -3.12. The Morgan fingerprint density at radius 3 is 2.63 bits per heavy atom. The number of aromatic nitrogens is 2. The number of methoxy groups -OCH3 is 1. The number of hydrogen-bond acceptors (Lipinski definition) is 6. The zero-order valence-corrected chi connectivity index (χ0v) is 12.5. The molecule has 0 spiro atoms. The first-order valence-corrected chi connectivity index (χ1v) is 8.10. The van der Waals surface area contributed by atoms with Gasteiger partial charge in [0.15, 0.2) is 15.7 Å². The SMILES string of the molecule is COc1ncc(Cl)c(NC(C)C2(S(C)(=O)=O)CC2)n1. The van der Waals surface area contributed by atoms with E-state index in [4.69, 9.17) is 16.3 Å². The van der Waals surface area contributed by atoms with Crippen LogP contribution in [0.5, 0.6) is 6.01 Å². The fourth-order valence-corrected chi connectivity index (χ4v) is 3.83. The van der Waals surface area contributed by atoms with Gasteiger partial charge in [-0.3, -0.25) is 0 Å². The summed E-state index contributed by atoms with van der Waals surface area (Å²) in [4.78, 5) is 7.95. The van der Waals surface area contributed by atoms with Crippen LogP contribution in [0, 0.1) is 0 Å². The van der Waals surface area contributed by atoms with Gasteiger partial charge in [-0.15, -0.1) is 0 Å². The van der Waals surface area contributed by atoms with Crippen LogP contribution in [-0.2, 0) is 9.84 Å². The Morgan fingerprint density at radius 2 is 2.16 bits per heavy atom. The van der Waals surface area contributed by atoms with Crippen LogP contribution in [0.15, 0.2) is 6.20 Å². The van der Waals surface area contributed by atoms with E-state index in [0.717, 1.165) is 0 Å². The second kappa shape index (κ2) is 4.79. The molecule has 106 valence electrons. The lowest BCUT2D eigenvalue weighted by atomic mass is 10.2. The van der Waals surface area contributed by atoms with Crippen LogP contribution >= 0.6 is 11.6 Å². The number of rotatable bonds is 5. The van der Waals surface area contributed by atoms with Crippen molar-refractivity contribution in [3.63, 3.8) is 0 Å². The Kier molecular flexibility index (Phi) is 3.61. The third kappa shape index (κ3) is 2.62. The Bertz CT molecular complexity index is 587. The zero-order valence-electron chi connectivity index (χ0n) is 11.0. The maximum absolute atomic E-state index is 11.8. The van der Waals surface area contributed by atoms with Crippen molar-refractivity contribution in [1.82, 2.24) is 9.97 Å². The predicted molar refractivity (Wildman–Crippen MR) is 73.5 cm³/mol. The molecule has 0 saturated heterocycles. The summed E-state index contributed by atoms with van der Waals surface area (Å²) in [6, 6.07) is -0.0945. The molecule has 1 heterocycles. The number of anilines is 1. The van der Waals surface area contributed by atoms with Gasteiger partial charge in [-0.05, 0) is 19.8 Å². The van der Waals surface area contributed by atoms with Crippen LogP contribution in [0.3, 0.4) is 0 Å². The van der Waals surface area contributed by atoms with Crippen molar-refractivity contribution in [2.24, 2.45) is 0 Å². The first-order valence-electron chi connectivity index (χ1n) is 5.83. The van der Waals surface area contributed by atoms with Crippen LogP contribution in [0.25, 0.3) is 0 Å². The van der Waals surface area contributed by atoms with Gasteiger partial charge < -0.3 is 10.1 Å². The first-order chi connectivity index (χ1) is 8.80. The van der Waals surface area contributed by atoms with E-state index in [0.29, 0.717) is 23.7 Å². The van der Waals surface area contributed by atoms with Gasteiger partial charge in [0, 0.05) is 12.3 Å². The Labute approximate surface area is 117 Å². The lowest BCUT2D eigenvalue weighted by Gasteiger charge is -2.23. The molecule has 19 heavy (non-hydrogen) atoms. The van der Waals surface area contributed by atoms with E-state index in [1.165, 1.54) is 19.6 Å². The van der Waals surface area contributed by atoms with E-state index in [1.807, 2.05) is 6.92 Å². The van der Waals surface area contributed by atoms with Crippen molar-refractivity contribution >= 4 is 27.3 Å². The van der Waals surface area contributed by atoms with Crippen molar-refractivity contribution in [3.8, 4) is 6.01 Å². The summed E-state index contributed by atoms with van der Waals surface area (Å²) in [5, 5.41) is 3.38. The fourth-order valence-electron chi connectivity index (χ4n) is 2.14. The van der Waals surface area contributed by atoms with Crippen molar-refractivity contribution in [3.05, 3.63) is 11.2 Å². The molecule has 8 heteroatoms. The average molecular weight is 306 g/mol. The quantitative estimate of drug-likeness (QED) is 0.888. The van der Waals surface area contributed by atoms with E-state index < -0.39 is 14.6 Å². The lowest BCUT2D eigenvalue weighted by Crippen LogP contribution is -2.39. The second-order valence-electron chi connectivity index (χ2n) is 4.76. The highest BCUT2D eigenvalue weighted by Crippen LogP contribution is 2.47. The highest BCUT2D eigenvalue weighted by atomic mass is 35.5. The van der Waals surface area contributed by atoms with Crippen LogP contribution in [0.1, 0.15) is 19.8 Å². The van der Waals surface area contributed by atoms with E-state index in [1.54, 1.807) is 0 Å². The fraction of sp³-hybridized carbons (Fsp3) is 0.636. The molecule has 1 saturated carbocycles. The summed E-state index contributed by atoms with van der Waals surface area (Å²) >= 11 is 5.99. The number of sulfone groups is 1. The largest absolute Gasteiger partial charge is 0.467 e. The summed E-state index contributed by atoms with van der Waals surface area (Å²) in [6.45, 7) is 1.82. The molecular formula is C11H16ClN3O3S. The normalized spacial score (nSPS) is 18.7. The number of nitrogens with one attached hydrogen (secondary N) is 1. The van der Waals surface area contributed by atoms with Crippen LogP contribution in [-0.4, -0.2) is 42.5 Å². The molecule has 0 aliphatic heterocycles. The molecule has 1 aromatic heterocycles. The highest BCUT2D eigenvalue weighted by Gasteiger charge is 2.56. The summed E-state index contributed by atoms with van der Waals surface area (Å²) in [6.07, 6.45) is 3.99. The van der Waals surface area contributed by atoms with Crippen LogP contribution in [0.2, 0.25) is 5.02 Å². The molecule has 0 aromatic carbocycles. The summed E-state index contributed by atoms with van der Waals surface area (Å²) in [5.41, 5.74) is 0. The molecule has 1 aliphatic rings. The van der Waals surface area contributed by atoms with E-state index in [-0.39, 0.29) is 12.1 Å². The van der Waals surface area contributed by atoms with Gasteiger partial charge in [0.05, 0.1) is 18.1 Å². The van der Waals surface area contributed by atoms with Crippen molar-refractivity contribution < 1.29 is 13.2 Å². The molecule has 1 N–H and O–H groups in total. The molecule has 0 radical (unpaired) electrons. The van der Waals surface area contributed by atoms with Gasteiger partial charge in [-0.1, -0.05) is 11.6 Å². The topological polar surface area (TPSA) is 81.2 Å². The molecule has 6 nitrogen and oxygen atoms in total. The molecule has 0 bridgehead atoms. The molecule has 1 atom stereocenters. The molecule has 1 aromatic rings. The van der Waals surface area contributed by atoms with E-state index in [9.17, 15) is 8.42 Å². The molecule has 1 aliphatic carbocycles. The third-order valence-electron chi connectivity index (χ3n) is 3.53. The average Bonchev–Trinajstić information content (AvgIpc) is 3.12. The zero-order chi connectivity index (χ0) is 14.3. The minimum absolute atomic E-state index is 0.184. The summed E-state index contributed by atoms with van der Waals surface area (Å²) in [7, 11) is -1.67. The molecule has 1 unspecified atom stereocenters. The Morgan fingerprint density at radius 1 is 1.53 bits per heavy atom. The van der Waals surface area contributed by atoms with Gasteiger partial charge in [-0.25, -0.2) is 13.4 Å². The molecule has 1 fully saturated rings. The monoisotopic (exact) mass is 305 g/mol. The molecule has 2 rings (SSSR count). The van der Waals surface area contributed by atoms with E-state index in [2.05, 4.69) is 15.3 Å². The maximum Gasteiger partial charge on any atom is 0.318 e. The summed E-state index contributed by atoms with van der Waals surface area (Å²) in [5.74, 6) is 0.385. The molecule has 0 amide bonds. The van der Waals surface area contributed by atoms with Gasteiger partial charge >= 0.3 is 6.01 Å². The van der Waals surface area contributed by atoms with Crippen molar-refractivity contribution in [1.29, 1.82) is 0 Å². The number of ether oxygens (including phenoxy) is 1. The van der Waals surface area contributed by atoms with Crippen LogP contribution in [0.4, 0.5) is 5.82 Å². The van der Waals surface area contributed by atoms with Gasteiger partial charge in [-0.2, -0.15) is 4.98 Å².